The van der Waals surface area contributed by atoms with Gasteiger partial charge in [0.05, 0.1) is 5.52 Å². The van der Waals surface area contributed by atoms with Crippen LogP contribution in [0.15, 0.2) is 48.5 Å². The first-order chi connectivity index (χ1) is 10.1. The second kappa shape index (κ2) is 5.40. The van der Waals surface area contributed by atoms with Crippen LogP contribution in [0.25, 0.3) is 10.9 Å². The van der Waals surface area contributed by atoms with Crippen LogP contribution in [0.5, 0.6) is 0 Å². The first-order valence-corrected chi connectivity index (χ1v) is 7.03. The Hall–Kier alpha value is -2.62. The Kier molecular flexibility index (Phi) is 3.44. The summed E-state index contributed by atoms with van der Waals surface area (Å²) in [6.07, 6.45) is 0. The van der Waals surface area contributed by atoms with Crippen LogP contribution in [0.4, 0.5) is 17.5 Å². The first kappa shape index (κ1) is 13.4. The number of hydrogen-bond acceptors (Lipinski definition) is 4. The number of anilines is 3. The Bertz CT molecular complexity index is 763. The summed E-state index contributed by atoms with van der Waals surface area (Å²) in [4.78, 5) is 8.55. The molecule has 1 aromatic heterocycles. The molecule has 3 aromatic rings. The van der Waals surface area contributed by atoms with Crippen molar-refractivity contribution in [2.45, 2.75) is 19.8 Å². The standard InChI is InChI=1S/C17H18N4/c1-11(2)12-7-9-13(10-8-12)19-16-14-5-3-4-6-15(14)20-17(18)21-16/h3-11H,1-2H3,(H3,18,19,20,21). The summed E-state index contributed by atoms with van der Waals surface area (Å²) in [6.45, 7) is 4.36. The minimum absolute atomic E-state index is 0.273. The highest BCUT2D eigenvalue weighted by atomic mass is 15.1. The van der Waals surface area contributed by atoms with Gasteiger partial charge in [0, 0.05) is 11.1 Å². The summed E-state index contributed by atoms with van der Waals surface area (Å²) in [5.41, 5.74) is 8.92. The van der Waals surface area contributed by atoms with Gasteiger partial charge < -0.3 is 11.1 Å². The smallest absolute Gasteiger partial charge is 0.222 e. The molecular weight excluding hydrogens is 260 g/mol. The molecule has 0 fully saturated rings. The van der Waals surface area contributed by atoms with Gasteiger partial charge in [-0.1, -0.05) is 38.1 Å². The number of para-hydroxylation sites is 1. The highest BCUT2D eigenvalue weighted by Crippen LogP contribution is 2.25. The Labute approximate surface area is 124 Å². The van der Waals surface area contributed by atoms with Crippen molar-refractivity contribution in [2.24, 2.45) is 0 Å². The molecule has 0 aliphatic heterocycles. The van der Waals surface area contributed by atoms with E-state index in [9.17, 15) is 0 Å². The van der Waals surface area contributed by atoms with E-state index in [2.05, 4.69) is 53.4 Å². The molecule has 0 radical (unpaired) electrons. The van der Waals surface area contributed by atoms with Crippen LogP contribution in [0.1, 0.15) is 25.3 Å². The van der Waals surface area contributed by atoms with Crippen molar-refractivity contribution in [1.29, 1.82) is 0 Å². The predicted molar refractivity (Wildman–Crippen MR) is 87.8 cm³/mol. The summed E-state index contributed by atoms with van der Waals surface area (Å²) >= 11 is 0. The average Bonchev–Trinajstić information content (AvgIpc) is 2.47. The third kappa shape index (κ3) is 2.79. The van der Waals surface area contributed by atoms with E-state index in [4.69, 9.17) is 5.73 Å². The van der Waals surface area contributed by atoms with Crippen molar-refractivity contribution in [3.05, 3.63) is 54.1 Å². The van der Waals surface area contributed by atoms with Gasteiger partial charge in [-0.15, -0.1) is 0 Å². The Morgan fingerprint density at radius 1 is 0.952 bits per heavy atom. The maximum Gasteiger partial charge on any atom is 0.222 e. The SMILES string of the molecule is CC(C)c1ccc(Nc2nc(N)nc3ccccc23)cc1. The molecule has 0 aliphatic carbocycles. The molecule has 0 spiro atoms. The van der Waals surface area contributed by atoms with E-state index in [1.807, 2.05) is 24.3 Å². The summed E-state index contributed by atoms with van der Waals surface area (Å²) in [6, 6.07) is 16.2. The first-order valence-electron chi connectivity index (χ1n) is 7.03. The van der Waals surface area contributed by atoms with Crippen molar-refractivity contribution in [3.8, 4) is 0 Å². The lowest BCUT2D eigenvalue weighted by Crippen LogP contribution is -2.01. The number of nitrogens with one attached hydrogen (secondary N) is 1. The number of nitrogens with two attached hydrogens (primary N) is 1. The lowest BCUT2D eigenvalue weighted by molar-refractivity contribution is 0.867. The van der Waals surface area contributed by atoms with Gasteiger partial charge in [0.1, 0.15) is 5.82 Å². The Balaban J connectivity index is 1.97. The minimum atomic E-state index is 0.273. The fourth-order valence-electron chi connectivity index (χ4n) is 2.28. The minimum Gasteiger partial charge on any atom is -0.368 e. The number of rotatable bonds is 3. The van der Waals surface area contributed by atoms with Gasteiger partial charge in [0.15, 0.2) is 0 Å². The molecule has 1 heterocycles. The van der Waals surface area contributed by atoms with Crippen LogP contribution in [0.2, 0.25) is 0 Å². The quantitative estimate of drug-likeness (QED) is 0.757. The largest absolute Gasteiger partial charge is 0.368 e. The van der Waals surface area contributed by atoms with E-state index in [0.29, 0.717) is 5.92 Å². The van der Waals surface area contributed by atoms with Crippen molar-refractivity contribution >= 4 is 28.4 Å². The van der Waals surface area contributed by atoms with Gasteiger partial charge in [-0.05, 0) is 35.7 Å². The van der Waals surface area contributed by atoms with Gasteiger partial charge in [0.2, 0.25) is 5.95 Å². The van der Waals surface area contributed by atoms with E-state index in [-0.39, 0.29) is 5.95 Å². The zero-order chi connectivity index (χ0) is 14.8. The van der Waals surface area contributed by atoms with Gasteiger partial charge in [0.25, 0.3) is 0 Å². The number of nitrogen functional groups attached to an aromatic ring is 1. The molecule has 4 nitrogen and oxygen atoms in total. The number of fused-ring (bicyclic) bond motifs is 1. The maximum atomic E-state index is 5.78. The maximum absolute atomic E-state index is 5.78. The summed E-state index contributed by atoms with van der Waals surface area (Å²) in [5.74, 6) is 1.53. The highest BCUT2D eigenvalue weighted by molar-refractivity contribution is 5.91. The van der Waals surface area contributed by atoms with Crippen LogP contribution in [0.3, 0.4) is 0 Å². The van der Waals surface area contributed by atoms with E-state index < -0.39 is 0 Å². The second-order valence-corrected chi connectivity index (χ2v) is 5.35. The van der Waals surface area contributed by atoms with Crippen LogP contribution < -0.4 is 11.1 Å². The van der Waals surface area contributed by atoms with Crippen molar-refractivity contribution < 1.29 is 0 Å². The van der Waals surface area contributed by atoms with Gasteiger partial charge in [-0.25, -0.2) is 4.98 Å². The average molecular weight is 278 g/mol. The zero-order valence-corrected chi connectivity index (χ0v) is 12.2. The van der Waals surface area contributed by atoms with Crippen molar-refractivity contribution in [2.75, 3.05) is 11.1 Å². The lowest BCUT2D eigenvalue weighted by Gasteiger charge is -2.11. The Morgan fingerprint density at radius 2 is 1.67 bits per heavy atom. The van der Waals surface area contributed by atoms with Crippen LogP contribution in [-0.4, -0.2) is 9.97 Å². The molecule has 0 amide bonds. The molecule has 3 N–H and O–H groups in total. The van der Waals surface area contributed by atoms with Gasteiger partial charge in [-0.2, -0.15) is 4.98 Å². The molecule has 106 valence electrons. The fraction of sp³-hybridized carbons (Fsp3) is 0.176. The van der Waals surface area contributed by atoms with Crippen molar-refractivity contribution in [3.63, 3.8) is 0 Å². The van der Waals surface area contributed by atoms with Crippen LogP contribution in [-0.2, 0) is 0 Å². The number of hydrogen-bond donors (Lipinski definition) is 2. The lowest BCUT2D eigenvalue weighted by atomic mass is 10.0. The molecule has 0 saturated heterocycles. The topological polar surface area (TPSA) is 63.8 Å². The number of aromatic nitrogens is 2. The molecular formula is C17H18N4. The third-order valence-electron chi connectivity index (χ3n) is 3.46. The molecule has 4 heteroatoms. The molecule has 0 aliphatic rings. The highest BCUT2D eigenvalue weighted by Gasteiger charge is 2.06. The third-order valence-corrected chi connectivity index (χ3v) is 3.46. The summed E-state index contributed by atoms with van der Waals surface area (Å²) in [7, 11) is 0. The van der Waals surface area contributed by atoms with Gasteiger partial charge >= 0.3 is 0 Å². The van der Waals surface area contributed by atoms with Crippen LogP contribution in [0, 0.1) is 0 Å². The van der Waals surface area contributed by atoms with Crippen molar-refractivity contribution in [1.82, 2.24) is 9.97 Å². The molecule has 0 unspecified atom stereocenters. The summed E-state index contributed by atoms with van der Waals surface area (Å²) < 4.78 is 0. The van der Waals surface area contributed by atoms with E-state index in [1.165, 1.54) is 5.56 Å². The normalized spacial score (nSPS) is 11.0. The van der Waals surface area contributed by atoms with Crippen LogP contribution >= 0.6 is 0 Å². The van der Waals surface area contributed by atoms with E-state index >= 15 is 0 Å². The molecule has 21 heavy (non-hydrogen) atoms. The Morgan fingerprint density at radius 3 is 2.38 bits per heavy atom. The number of nitrogens with zero attached hydrogens (tertiary/aromatic N) is 2. The monoisotopic (exact) mass is 278 g/mol. The second-order valence-electron chi connectivity index (χ2n) is 5.35. The molecule has 3 rings (SSSR count). The molecule has 0 saturated carbocycles. The summed E-state index contributed by atoms with van der Waals surface area (Å²) in [5, 5.41) is 4.28. The zero-order valence-electron chi connectivity index (χ0n) is 12.2. The number of benzene rings is 2. The van der Waals surface area contributed by atoms with E-state index in [1.54, 1.807) is 0 Å². The fourth-order valence-corrected chi connectivity index (χ4v) is 2.28. The molecule has 0 bridgehead atoms. The predicted octanol–water partition coefficient (Wildman–Crippen LogP) is 4.08. The molecule has 0 atom stereocenters. The molecule has 2 aromatic carbocycles. The van der Waals surface area contributed by atoms with E-state index in [0.717, 1.165) is 22.4 Å². The van der Waals surface area contributed by atoms with Gasteiger partial charge in [-0.3, -0.25) is 0 Å².